The fraction of sp³-hybridized carbons (Fsp3) is 0.909. The van der Waals surface area contributed by atoms with E-state index >= 15 is 0 Å². The molecule has 0 radical (unpaired) electrons. The number of ketones is 1. The van der Waals surface area contributed by atoms with Gasteiger partial charge in [-0.3, -0.25) is 4.79 Å². The van der Waals surface area contributed by atoms with Crippen molar-refractivity contribution in [3.05, 3.63) is 0 Å². The minimum Gasteiger partial charge on any atom is -0.321 e. The maximum Gasteiger partial charge on any atom is 0.155 e. The van der Waals surface area contributed by atoms with Crippen LogP contribution in [0.2, 0.25) is 0 Å². The number of hydrogen-bond donors (Lipinski definition) is 1. The molecule has 0 aliphatic heterocycles. The first-order valence-corrected chi connectivity index (χ1v) is 6.42. The Morgan fingerprint density at radius 3 is 2.07 bits per heavy atom. The van der Waals surface area contributed by atoms with Crippen molar-refractivity contribution in [3.8, 4) is 0 Å². The summed E-state index contributed by atoms with van der Waals surface area (Å²) < 4.78 is 0. The van der Waals surface area contributed by atoms with E-state index in [2.05, 4.69) is 6.92 Å². The van der Waals surface area contributed by atoms with E-state index in [4.69, 9.17) is 5.73 Å². The monoisotopic (exact) mass is 219 g/mol. The van der Waals surface area contributed by atoms with Crippen molar-refractivity contribution in [3.63, 3.8) is 0 Å². The Balaban J connectivity index is 0. The summed E-state index contributed by atoms with van der Waals surface area (Å²) in [6, 6.07) is -0.296. The van der Waals surface area contributed by atoms with Crippen molar-refractivity contribution in [1.82, 2.24) is 0 Å². The molecule has 1 unspecified atom stereocenters. The molecule has 0 aliphatic carbocycles. The van der Waals surface area contributed by atoms with Gasteiger partial charge < -0.3 is 5.73 Å². The van der Waals surface area contributed by atoms with E-state index in [9.17, 15) is 4.79 Å². The van der Waals surface area contributed by atoms with Gasteiger partial charge in [-0.15, -0.1) is 0 Å². The molecule has 14 heavy (non-hydrogen) atoms. The average molecular weight is 219 g/mol. The fourth-order valence-corrected chi connectivity index (χ4v) is 1.52. The van der Waals surface area contributed by atoms with Crippen LogP contribution < -0.4 is 5.73 Å². The first-order valence-electron chi connectivity index (χ1n) is 5.27. The molecule has 0 heterocycles. The highest BCUT2D eigenvalue weighted by molar-refractivity contribution is 7.99. The second kappa shape index (κ2) is 8.30. The molecule has 0 aliphatic rings. The minimum absolute atomic E-state index is 0.156. The summed E-state index contributed by atoms with van der Waals surface area (Å²) in [6.45, 7) is 11.8. The fourth-order valence-electron chi connectivity index (χ4n) is 0.877. The predicted molar refractivity (Wildman–Crippen MR) is 66.8 cm³/mol. The van der Waals surface area contributed by atoms with Gasteiger partial charge in [0.2, 0.25) is 0 Å². The smallest absolute Gasteiger partial charge is 0.155 e. The maximum atomic E-state index is 11.5. The van der Waals surface area contributed by atoms with Crippen LogP contribution in [-0.4, -0.2) is 23.3 Å². The first-order chi connectivity index (χ1) is 6.39. The van der Waals surface area contributed by atoms with E-state index in [0.717, 1.165) is 11.5 Å². The highest BCUT2D eigenvalue weighted by Crippen LogP contribution is 2.17. The molecule has 3 heteroatoms. The SMILES string of the molecule is CC.CCSCC(N)C(=O)C(C)(C)C. The molecule has 86 valence electrons. The third-order valence-corrected chi connectivity index (χ3v) is 2.58. The van der Waals surface area contributed by atoms with Crippen LogP contribution in [0.4, 0.5) is 0 Å². The number of rotatable bonds is 4. The third-order valence-electron chi connectivity index (χ3n) is 1.58. The molecule has 2 nitrogen and oxygen atoms in total. The zero-order chi connectivity index (χ0) is 11.8. The van der Waals surface area contributed by atoms with E-state index in [1.165, 1.54) is 0 Å². The summed E-state index contributed by atoms with van der Waals surface area (Å²) in [5.41, 5.74) is 5.42. The van der Waals surface area contributed by atoms with E-state index in [1.54, 1.807) is 11.8 Å². The van der Waals surface area contributed by atoms with Gasteiger partial charge in [-0.05, 0) is 5.75 Å². The number of Topliss-reactive ketones (excluding diaryl/α,β-unsaturated/α-hetero) is 1. The molecule has 2 N–H and O–H groups in total. The minimum atomic E-state index is -0.298. The summed E-state index contributed by atoms with van der Waals surface area (Å²) >= 11 is 1.71. The number of carbonyl (C=O) groups is 1. The lowest BCUT2D eigenvalue weighted by Crippen LogP contribution is -2.40. The number of thioether (sulfide) groups is 1. The highest BCUT2D eigenvalue weighted by atomic mass is 32.2. The van der Waals surface area contributed by atoms with Crippen LogP contribution >= 0.6 is 11.8 Å². The van der Waals surface area contributed by atoms with Gasteiger partial charge in [0.25, 0.3) is 0 Å². The molecule has 0 rings (SSSR count). The van der Waals surface area contributed by atoms with Crippen molar-refractivity contribution in [2.75, 3.05) is 11.5 Å². The lowest BCUT2D eigenvalue weighted by Gasteiger charge is -2.21. The van der Waals surface area contributed by atoms with Gasteiger partial charge in [-0.1, -0.05) is 41.5 Å². The average Bonchev–Trinajstić information content (AvgIpc) is 2.14. The Morgan fingerprint density at radius 1 is 1.36 bits per heavy atom. The number of hydrogen-bond acceptors (Lipinski definition) is 3. The second-order valence-corrected chi connectivity index (χ2v) is 5.20. The van der Waals surface area contributed by atoms with Crippen LogP contribution in [0.15, 0.2) is 0 Å². The highest BCUT2D eigenvalue weighted by Gasteiger charge is 2.26. The molecule has 0 fully saturated rings. The van der Waals surface area contributed by atoms with Gasteiger partial charge in [0.1, 0.15) is 0 Å². The molecule has 0 spiro atoms. The molecule has 0 aromatic carbocycles. The zero-order valence-corrected chi connectivity index (χ0v) is 11.2. The summed E-state index contributed by atoms with van der Waals surface area (Å²) in [7, 11) is 0. The first kappa shape index (κ1) is 16.4. The van der Waals surface area contributed by atoms with Crippen LogP contribution in [0.5, 0.6) is 0 Å². The quantitative estimate of drug-likeness (QED) is 0.790. The molecular formula is C11H25NOS. The molecule has 0 saturated heterocycles. The largest absolute Gasteiger partial charge is 0.321 e. The summed E-state index contributed by atoms with van der Waals surface area (Å²) in [4.78, 5) is 11.5. The van der Waals surface area contributed by atoms with Crippen molar-refractivity contribution in [2.45, 2.75) is 47.6 Å². The Kier molecular flexibility index (Phi) is 9.73. The van der Waals surface area contributed by atoms with Crippen molar-refractivity contribution < 1.29 is 4.79 Å². The number of nitrogens with two attached hydrogens (primary N) is 1. The predicted octanol–water partition coefficient (Wildman–Crippen LogP) is 2.71. The van der Waals surface area contributed by atoms with Gasteiger partial charge in [-0.25, -0.2) is 0 Å². The van der Waals surface area contributed by atoms with Crippen molar-refractivity contribution in [2.24, 2.45) is 11.1 Å². The topological polar surface area (TPSA) is 43.1 Å². The van der Waals surface area contributed by atoms with Gasteiger partial charge >= 0.3 is 0 Å². The van der Waals surface area contributed by atoms with Crippen LogP contribution in [0.1, 0.15) is 41.5 Å². The molecule has 0 aromatic heterocycles. The van der Waals surface area contributed by atoms with E-state index in [1.807, 2.05) is 34.6 Å². The molecule has 0 amide bonds. The van der Waals surface area contributed by atoms with Gasteiger partial charge in [0.05, 0.1) is 6.04 Å². The Labute approximate surface area is 93.0 Å². The lowest BCUT2D eigenvalue weighted by molar-refractivity contribution is -0.127. The van der Waals surface area contributed by atoms with E-state index in [-0.39, 0.29) is 17.2 Å². The molecule has 0 aromatic rings. The molecule has 0 saturated carbocycles. The molecular weight excluding hydrogens is 194 g/mol. The van der Waals surface area contributed by atoms with Crippen molar-refractivity contribution in [1.29, 1.82) is 0 Å². The van der Waals surface area contributed by atoms with Crippen molar-refractivity contribution >= 4 is 17.5 Å². The third kappa shape index (κ3) is 7.39. The molecule has 0 bridgehead atoms. The standard InChI is InChI=1S/C9H19NOS.C2H6/c1-5-12-6-7(10)8(11)9(2,3)4;1-2/h7H,5-6,10H2,1-4H3;1-2H3. The summed E-state index contributed by atoms with van der Waals surface area (Å²) in [5.74, 6) is 1.92. The van der Waals surface area contributed by atoms with Gasteiger partial charge in [-0.2, -0.15) is 11.8 Å². The van der Waals surface area contributed by atoms with E-state index in [0.29, 0.717) is 0 Å². The van der Waals surface area contributed by atoms with Gasteiger partial charge in [0.15, 0.2) is 5.78 Å². The zero-order valence-electron chi connectivity index (χ0n) is 10.4. The van der Waals surface area contributed by atoms with Gasteiger partial charge in [0, 0.05) is 11.2 Å². The second-order valence-electron chi connectivity index (χ2n) is 3.88. The van der Waals surface area contributed by atoms with E-state index < -0.39 is 0 Å². The van der Waals surface area contributed by atoms with Crippen LogP contribution in [0.25, 0.3) is 0 Å². The Hall–Kier alpha value is -0.0200. The van der Waals surface area contributed by atoms with Crippen LogP contribution in [0.3, 0.4) is 0 Å². The summed E-state index contributed by atoms with van der Waals surface area (Å²) in [5, 5.41) is 0. The lowest BCUT2D eigenvalue weighted by atomic mass is 9.87. The maximum absolute atomic E-state index is 11.5. The Bertz CT molecular complexity index is 152. The number of carbonyl (C=O) groups excluding carboxylic acids is 1. The van der Waals surface area contributed by atoms with Crippen LogP contribution in [0, 0.1) is 5.41 Å². The summed E-state index contributed by atoms with van der Waals surface area (Å²) in [6.07, 6.45) is 0. The normalized spacial score (nSPS) is 12.8. The Morgan fingerprint density at radius 2 is 1.79 bits per heavy atom. The van der Waals surface area contributed by atoms with Crippen LogP contribution in [-0.2, 0) is 4.79 Å². The molecule has 1 atom stereocenters.